The number of halogens is 3. The van der Waals surface area contributed by atoms with Crippen LogP contribution in [0.3, 0.4) is 0 Å². The number of ether oxygens (including phenoxy) is 2. The van der Waals surface area contributed by atoms with E-state index in [4.69, 9.17) is 4.74 Å². The summed E-state index contributed by atoms with van der Waals surface area (Å²) in [7, 11) is 1.42. The van der Waals surface area contributed by atoms with Crippen molar-refractivity contribution < 1.29 is 22.6 Å². The number of rotatable bonds is 5. The van der Waals surface area contributed by atoms with Gasteiger partial charge in [0.15, 0.2) is 0 Å². The fraction of sp³-hybridized carbons (Fsp3) is 0.400. The van der Waals surface area contributed by atoms with E-state index in [0.717, 1.165) is 0 Å². The average molecular weight is 357 g/mol. The summed E-state index contributed by atoms with van der Waals surface area (Å²) in [6.45, 7) is 5.82. The number of alkyl halides is 3. The second-order valence-corrected chi connectivity index (χ2v) is 6.04. The summed E-state index contributed by atoms with van der Waals surface area (Å²) in [5.74, 6) is 0.170. The molecule has 0 amide bonds. The zero-order valence-electron chi connectivity index (χ0n) is 14.1. The van der Waals surface area contributed by atoms with Crippen molar-refractivity contribution in [3.8, 4) is 11.8 Å². The highest BCUT2D eigenvalue weighted by Crippen LogP contribution is 2.25. The van der Waals surface area contributed by atoms with Crippen LogP contribution in [0.25, 0.3) is 0 Å². The molecule has 0 aliphatic carbocycles. The Hall–Kier alpha value is -2.78. The zero-order chi connectivity index (χ0) is 18.7. The second-order valence-electron chi connectivity index (χ2n) is 6.04. The number of aromatic nitrogens is 3. The van der Waals surface area contributed by atoms with Crippen LogP contribution in [0.2, 0.25) is 0 Å². The van der Waals surface area contributed by atoms with Crippen molar-refractivity contribution in [3.05, 3.63) is 24.3 Å². The van der Waals surface area contributed by atoms with Crippen LogP contribution >= 0.6 is 0 Å². The van der Waals surface area contributed by atoms with Gasteiger partial charge in [0.1, 0.15) is 5.75 Å². The molecule has 1 heterocycles. The predicted octanol–water partition coefficient (Wildman–Crippen LogP) is 3.73. The fourth-order valence-electron chi connectivity index (χ4n) is 1.76. The molecule has 2 rings (SSSR count). The Labute approximate surface area is 142 Å². The lowest BCUT2D eigenvalue weighted by atomic mass is 10.1. The molecule has 2 aromatic rings. The van der Waals surface area contributed by atoms with E-state index >= 15 is 0 Å². The van der Waals surface area contributed by atoms with Crippen LogP contribution < -0.4 is 20.1 Å². The van der Waals surface area contributed by atoms with Gasteiger partial charge in [-0.05, 0) is 45.0 Å². The number of nitrogens with one attached hydrogen (secondary N) is 2. The number of anilines is 3. The first-order valence-electron chi connectivity index (χ1n) is 7.25. The Balaban J connectivity index is 2.17. The van der Waals surface area contributed by atoms with Crippen LogP contribution in [-0.2, 0) is 0 Å². The number of hydrogen-bond donors (Lipinski definition) is 2. The van der Waals surface area contributed by atoms with Gasteiger partial charge in [-0.3, -0.25) is 0 Å². The maximum Gasteiger partial charge on any atom is 0.573 e. The van der Waals surface area contributed by atoms with E-state index in [1.165, 1.54) is 31.4 Å². The lowest BCUT2D eigenvalue weighted by Gasteiger charge is -2.20. The van der Waals surface area contributed by atoms with Crippen LogP contribution in [0.1, 0.15) is 20.8 Å². The molecule has 1 aromatic carbocycles. The summed E-state index contributed by atoms with van der Waals surface area (Å²) in [4.78, 5) is 12.4. The van der Waals surface area contributed by atoms with Crippen molar-refractivity contribution in [2.24, 2.45) is 0 Å². The molecule has 7 nitrogen and oxygen atoms in total. The van der Waals surface area contributed by atoms with Crippen molar-refractivity contribution in [2.75, 3.05) is 17.7 Å². The number of nitrogens with zero attached hydrogens (tertiary/aromatic N) is 3. The molecule has 0 saturated carbocycles. The van der Waals surface area contributed by atoms with Gasteiger partial charge >= 0.3 is 12.4 Å². The summed E-state index contributed by atoms with van der Waals surface area (Å²) in [6.07, 6.45) is -4.73. The van der Waals surface area contributed by atoms with Crippen LogP contribution in [0.4, 0.5) is 30.8 Å². The third-order valence-electron chi connectivity index (χ3n) is 2.63. The van der Waals surface area contributed by atoms with E-state index in [1.54, 1.807) is 0 Å². The molecule has 0 atom stereocenters. The topological polar surface area (TPSA) is 81.2 Å². The molecule has 1 aromatic heterocycles. The van der Waals surface area contributed by atoms with Crippen LogP contribution in [0, 0.1) is 0 Å². The molecule has 136 valence electrons. The largest absolute Gasteiger partial charge is 0.573 e. The van der Waals surface area contributed by atoms with Gasteiger partial charge in [0.25, 0.3) is 0 Å². The smallest absolute Gasteiger partial charge is 0.467 e. The minimum atomic E-state index is -4.73. The van der Waals surface area contributed by atoms with Crippen molar-refractivity contribution in [2.45, 2.75) is 32.7 Å². The second kappa shape index (κ2) is 6.99. The van der Waals surface area contributed by atoms with E-state index < -0.39 is 6.36 Å². The Kier molecular flexibility index (Phi) is 5.19. The Morgan fingerprint density at radius 1 is 0.920 bits per heavy atom. The minimum absolute atomic E-state index is 0.0984. The van der Waals surface area contributed by atoms with E-state index in [1.807, 2.05) is 20.8 Å². The molecular formula is C15H18F3N5O2. The number of benzene rings is 1. The standard InChI is InChI=1S/C15H18F3N5O2/c1-14(2,3)23-12-20-11(21-13(22-12)24-4)19-9-5-7-10(8-6-9)25-15(16,17)18/h5-8H,1-4H3,(H2,19,20,21,22,23). The van der Waals surface area contributed by atoms with Gasteiger partial charge in [0.2, 0.25) is 11.9 Å². The van der Waals surface area contributed by atoms with Gasteiger partial charge in [-0.2, -0.15) is 15.0 Å². The molecule has 0 fully saturated rings. The maximum atomic E-state index is 12.2. The van der Waals surface area contributed by atoms with Gasteiger partial charge in [-0.15, -0.1) is 13.2 Å². The molecule has 0 radical (unpaired) electrons. The zero-order valence-corrected chi connectivity index (χ0v) is 14.1. The van der Waals surface area contributed by atoms with Crippen LogP contribution in [0.15, 0.2) is 24.3 Å². The summed E-state index contributed by atoms with van der Waals surface area (Å²) in [5.41, 5.74) is 0.199. The van der Waals surface area contributed by atoms with Gasteiger partial charge < -0.3 is 20.1 Å². The normalized spacial score (nSPS) is 11.8. The van der Waals surface area contributed by atoms with E-state index in [-0.39, 0.29) is 23.2 Å². The molecule has 0 spiro atoms. The van der Waals surface area contributed by atoms with E-state index in [2.05, 4.69) is 30.3 Å². The van der Waals surface area contributed by atoms with E-state index in [0.29, 0.717) is 11.6 Å². The van der Waals surface area contributed by atoms with Crippen molar-refractivity contribution in [3.63, 3.8) is 0 Å². The molecule has 10 heteroatoms. The first-order valence-corrected chi connectivity index (χ1v) is 7.25. The Bertz CT molecular complexity index is 715. The number of hydrogen-bond acceptors (Lipinski definition) is 7. The van der Waals surface area contributed by atoms with Crippen LogP contribution in [0.5, 0.6) is 11.8 Å². The SMILES string of the molecule is COc1nc(Nc2ccc(OC(F)(F)F)cc2)nc(NC(C)(C)C)n1. The average Bonchev–Trinajstić information content (AvgIpc) is 2.45. The Morgan fingerprint density at radius 2 is 1.52 bits per heavy atom. The highest BCUT2D eigenvalue weighted by Gasteiger charge is 2.30. The molecular weight excluding hydrogens is 339 g/mol. The minimum Gasteiger partial charge on any atom is -0.467 e. The first-order chi connectivity index (χ1) is 11.5. The maximum absolute atomic E-state index is 12.2. The van der Waals surface area contributed by atoms with Gasteiger partial charge in [0.05, 0.1) is 7.11 Å². The molecule has 0 saturated heterocycles. The van der Waals surface area contributed by atoms with Crippen LogP contribution in [-0.4, -0.2) is 34.0 Å². The van der Waals surface area contributed by atoms with Gasteiger partial charge in [-0.25, -0.2) is 0 Å². The quantitative estimate of drug-likeness (QED) is 0.844. The highest BCUT2D eigenvalue weighted by atomic mass is 19.4. The summed E-state index contributed by atoms with van der Waals surface area (Å²) in [6, 6.07) is 5.29. The lowest BCUT2D eigenvalue weighted by molar-refractivity contribution is -0.274. The highest BCUT2D eigenvalue weighted by molar-refractivity contribution is 5.55. The molecule has 25 heavy (non-hydrogen) atoms. The third-order valence-corrected chi connectivity index (χ3v) is 2.63. The fourth-order valence-corrected chi connectivity index (χ4v) is 1.76. The molecule has 0 bridgehead atoms. The van der Waals surface area contributed by atoms with Gasteiger partial charge in [0, 0.05) is 11.2 Å². The predicted molar refractivity (Wildman–Crippen MR) is 86.2 cm³/mol. The summed E-state index contributed by atoms with van der Waals surface area (Å²) >= 11 is 0. The number of methoxy groups -OCH3 is 1. The first kappa shape index (κ1) is 18.6. The summed E-state index contributed by atoms with van der Waals surface area (Å²) in [5, 5.41) is 5.97. The van der Waals surface area contributed by atoms with E-state index in [9.17, 15) is 13.2 Å². The molecule has 0 aliphatic heterocycles. The monoisotopic (exact) mass is 357 g/mol. The van der Waals surface area contributed by atoms with Crippen molar-refractivity contribution in [1.29, 1.82) is 0 Å². The Morgan fingerprint density at radius 3 is 2.04 bits per heavy atom. The lowest BCUT2D eigenvalue weighted by Crippen LogP contribution is -2.27. The van der Waals surface area contributed by atoms with Gasteiger partial charge in [-0.1, -0.05) is 0 Å². The molecule has 0 aliphatic rings. The molecule has 2 N–H and O–H groups in total. The molecule has 0 unspecified atom stereocenters. The van der Waals surface area contributed by atoms with Crippen molar-refractivity contribution >= 4 is 17.6 Å². The summed E-state index contributed by atoms with van der Waals surface area (Å²) < 4.78 is 45.4. The third kappa shape index (κ3) is 6.32. The van der Waals surface area contributed by atoms with Crippen molar-refractivity contribution in [1.82, 2.24) is 15.0 Å².